The molecule has 5 nitrogen and oxygen atoms in total. The van der Waals surface area contributed by atoms with Crippen LogP contribution in [0.15, 0.2) is 58.3 Å². The average Bonchev–Trinajstić information content (AvgIpc) is 3.37. The highest BCUT2D eigenvalue weighted by atomic mass is 32.2. The smallest absolute Gasteiger partial charge is 0.191 e. The van der Waals surface area contributed by atoms with E-state index in [1.165, 1.54) is 4.70 Å². The van der Waals surface area contributed by atoms with Gasteiger partial charge in [-0.2, -0.15) is 0 Å². The lowest BCUT2D eigenvalue weighted by molar-refractivity contribution is 0.597. The molecule has 0 aliphatic carbocycles. The highest BCUT2D eigenvalue weighted by Crippen LogP contribution is 2.39. The summed E-state index contributed by atoms with van der Waals surface area (Å²) < 4.78 is 3.45. The van der Waals surface area contributed by atoms with Gasteiger partial charge >= 0.3 is 0 Å². The quantitative estimate of drug-likeness (QED) is 0.385. The van der Waals surface area contributed by atoms with Crippen LogP contribution in [0.1, 0.15) is 6.04 Å². The molecule has 0 N–H and O–H groups in total. The van der Waals surface area contributed by atoms with Gasteiger partial charge in [0.1, 0.15) is 11.4 Å². The van der Waals surface area contributed by atoms with E-state index in [0.29, 0.717) is 6.04 Å². The number of thioether (sulfide) groups is 2. The normalized spacial score (nSPS) is 16.4. The van der Waals surface area contributed by atoms with Crippen molar-refractivity contribution in [1.29, 1.82) is 0 Å². The van der Waals surface area contributed by atoms with Gasteiger partial charge in [0.05, 0.1) is 16.3 Å². The summed E-state index contributed by atoms with van der Waals surface area (Å²) in [5.41, 5.74) is 2.14. The number of aromatic nitrogens is 5. The first kappa shape index (κ1) is 15.4. The van der Waals surface area contributed by atoms with E-state index in [1.807, 2.05) is 24.3 Å². The van der Waals surface area contributed by atoms with Crippen molar-refractivity contribution in [1.82, 2.24) is 24.7 Å². The van der Waals surface area contributed by atoms with Crippen molar-refractivity contribution >= 4 is 45.1 Å². The summed E-state index contributed by atoms with van der Waals surface area (Å²) >= 11 is 5.27. The molecule has 8 heteroatoms. The summed E-state index contributed by atoms with van der Waals surface area (Å²) in [6, 6.07) is 12.7. The van der Waals surface area contributed by atoms with Crippen molar-refractivity contribution in [3.05, 3.63) is 48.1 Å². The number of fused-ring (bicyclic) bond motifs is 2. The van der Waals surface area contributed by atoms with Gasteiger partial charge in [-0.1, -0.05) is 42.1 Å². The van der Waals surface area contributed by atoms with Crippen LogP contribution in [0.25, 0.3) is 21.6 Å². The Hall–Kier alpha value is -1.90. The number of hydrogen-bond donors (Lipinski definition) is 0. The predicted molar refractivity (Wildman–Crippen MR) is 103 cm³/mol. The molecule has 1 aliphatic heterocycles. The molecule has 0 fully saturated rings. The summed E-state index contributed by atoms with van der Waals surface area (Å²) in [6.07, 6.45) is 1.65. The number of thiophene rings is 1. The Labute approximate surface area is 156 Å². The second-order valence-electron chi connectivity index (χ2n) is 5.63. The van der Waals surface area contributed by atoms with E-state index in [-0.39, 0.29) is 0 Å². The Morgan fingerprint density at radius 3 is 2.96 bits per heavy atom. The number of benzene rings is 1. The van der Waals surface area contributed by atoms with Gasteiger partial charge in [0.15, 0.2) is 11.0 Å². The maximum atomic E-state index is 4.48. The van der Waals surface area contributed by atoms with E-state index in [4.69, 9.17) is 0 Å². The zero-order chi connectivity index (χ0) is 16.6. The fourth-order valence-electron chi connectivity index (χ4n) is 2.90. The Kier molecular flexibility index (Phi) is 3.95. The largest absolute Gasteiger partial charge is 0.297 e. The van der Waals surface area contributed by atoms with E-state index < -0.39 is 0 Å². The van der Waals surface area contributed by atoms with E-state index >= 15 is 0 Å². The van der Waals surface area contributed by atoms with Gasteiger partial charge in [0.2, 0.25) is 0 Å². The van der Waals surface area contributed by atoms with Crippen LogP contribution in [0.2, 0.25) is 0 Å². The van der Waals surface area contributed by atoms with E-state index in [9.17, 15) is 0 Å². The van der Waals surface area contributed by atoms with Crippen molar-refractivity contribution in [3.8, 4) is 11.4 Å². The van der Waals surface area contributed by atoms with Crippen LogP contribution in [-0.4, -0.2) is 36.2 Å². The van der Waals surface area contributed by atoms with Crippen LogP contribution in [0.3, 0.4) is 0 Å². The Morgan fingerprint density at radius 2 is 2.04 bits per heavy atom. The van der Waals surface area contributed by atoms with E-state index in [2.05, 4.69) is 42.2 Å². The molecule has 5 rings (SSSR count). The average molecular weight is 384 g/mol. The van der Waals surface area contributed by atoms with Crippen LogP contribution < -0.4 is 0 Å². The minimum absolute atomic E-state index is 0.361. The number of rotatable bonds is 4. The van der Waals surface area contributed by atoms with Crippen molar-refractivity contribution in [2.24, 2.45) is 0 Å². The molecule has 0 saturated carbocycles. The molecule has 4 heterocycles. The lowest BCUT2D eigenvalue weighted by Gasteiger charge is -2.14. The fraction of sp³-hybridized carbons (Fsp3) is 0.176. The molecule has 0 saturated heterocycles. The summed E-state index contributed by atoms with van der Waals surface area (Å²) in [7, 11) is 0. The highest BCUT2D eigenvalue weighted by Gasteiger charge is 2.28. The monoisotopic (exact) mass is 383 g/mol. The molecular weight excluding hydrogens is 370 g/mol. The molecule has 0 bridgehead atoms. The molecule has 124 valence electrons. The third-order valence-electron chi connectivity index (χ3n) is 4.09. The topological polar surface area (TPSA) is 56.5 Å². The SMILES string of the molecule is c1ccc(-c2nnc3n2[C@H](CSc2ncnc4ccsc24)CS3)cc1. The summed E-state index contributed by atoms with van der Waals surface area (Å²) in [6.45, 7) is 0. The number of hydrogen-bond acceptors (Lipinski definition) is 7. The molecule has 0 amide bonds. The van der Waals surface area contributed by atoms with Crippen LogP contribution in [0.4, 0.5) is 0 Å². The molecule has 1 aliphatic rings. The zero-order valence-corrected chi connectivity index (χ0v) is 15.5. The third-order valence-corrected chi connectivity index (χ3v) is 7.35. The van der Waals surface area contributed by atoms with Gasteiger partial charge in [-0.15, -0.1) is 33.3 Å². The second kappa shape index (κ2) is 6.44. The third kappa shape index (κ3) is 2.74. The Balaban J connectivity index is 1.43. The molecule has 0 unspecified atom stereocenters. The summed E-state index contributed by atoms with van der Waals surface area (Å²) in [5, 5.41) is 12.9. The fourth-order valence-corrected chi connectivity index (χ4v) is 6.16. The van der Waals surface area contributed by atoms with Gasteiger partial charge in [0.25, 0.3) is 0 Å². The molecule has 3 aromatic heterocycles. The summed E-state index contributed by atoms with van der Waals surface area (Å²) in [4.78, 5) is 8.80. The maximum absolute atomic E-state index is 4.48. The van der Waals surface area contributed by atoms with Gasteiger partial charge in [0, 0.05) is 17.1 Å². The molecule has 0 radical (unpaired) electrons. The molecule has 1 atom stereocenters. The van der Waals surface area contributed by atoms with Crippen molar-refractivity contribution < 1.29 is 0 Å². The van der Waals surface area contributed by atoms with Crippen molar-refractivity contribution in [3.63, 3.8) is 0 Å². The second-order valence-corrected chi connectivity index (χ2v) is 8.54. The summed E-state index contributed by atoms with van der Waals surface area (Å²) in [5.74, 6) is 2.92. The Bertz CT molecular complexity index is 1030. The molecule has 0 spiro atoms. The lowest BCUT2D eigenvalue weighted by atomic mass is 10.2. The van der Waals surface area contributed by atoms with Crippen LogP contribution in [0, 0.1) is 0 Å². The Morgan fingerprint density at radius 1 is 1.12 bits per heavy atom. The number of nitrogens with zero attached hydrogens (tertiary/aromatic N) is 5. The van der Waals surface area contributed by atoms with Crippen molar-refractivity contribution in [2.45, 2.75) is 16.2 Å². The lowest BCUT2D eigenvalue weighted by Crippen LogP contribution is -2.11. The van der Waals surface area contributed by atoms with Crippen LogP contribution in [0.5, 0.6) is 0 Å². The zero-order valence-electron chi connectivity index (χ0n) is 13.1. The standard InChI is InChI=1S/C17H13N5S3/c1-2-4-11(5-3-1)15-20-21-17-22(15)12(9-25-17)8-24-16-14-13(6-7-23-14)18-10-19-16/h1-7,10,12H,8-9H2/t12-/m1/s1. The van der Waals surface area contributed by atoms with Gasteiger partial charge in [-0.05, 0) is 11.4 Å². The molecule has 4 aromatic rings. The maximum Gasteiger partial charge on any atom is 0.191 e. The van der Waals surface area contributed by atoms with E-state index in [0.717, 1.165) is 38.6 Å². The first-order valence-electron chi connectivity index (χ1n) is 7.84. The van der Waals surface area contributed by atoms with Crippen LogP contribution in [-0.2, 0) is 0 Å². The molecule has 25 heavy (non-hydrogen) atoms. The minimum Gasteiger partial charge on any atom is -0.297 e. The highest BCUT2D eigenvalue weighted by molar-refractivity contribution is 8.00. The van der Waals surface area contributed by atoms with Gasteiger partial charge in [-0.25, -0.2) is 9.97 Å². The van der Waals surface area contributed by atoms with Crippen LogP contribution >= 0.6 is 34.9 Å². The predicted octanol–water partition coefficient (Wildman–Crippen LogP) is 4.39. The molecule has 1 aromatic carbocycles. The minimum atomic E-state index is 0.361. The van der Waals surface area contributed by atoms with Gasteiger partial charge in [-0.3, -0.25) is 4.57 Å². The first-order valence-corrected chi connectivity index (χ1v) is 10.7. The molecular formula is C17H13N5S3. The first-order chi connectivity index (χ1) is 12.4. The van der Waals surface area contributed by atoms with Crippen molar-refractivity contribution in [2.75, 3.05) is 11.5 Å². The van der Waals surface area contributed by atoms with E-state index in [1.54, 1.807) is 41.2 Å². The van der Waals surface area contributed by atoms with Gasteiger partial charge < -0.3 is 0 Å².